The number of esters is 1. The number of pyridine rings is 1. The quantitative estimate of drug-likeness (QED) is 0.878. The molecule has 0 aliphatic carbocycles. The molecule has 1 aromatic heterocycles. The van der Waals surface area contributed by atoms with E-state index in [0.29, 0.717) is 34.1 Å². The van der Waals surface area contributed by atoms with Crippen molar-refractivity contribution in [3.8, 4) is 5.75 Å². The number of methoxy groups -OCH3 is 1. The Bertz CT molecular complexity index is 658. The molecule has 0 aliphatic rings. The second kappa shape index (κ2) is 5.96. The zero-order valence-corrected chi connectivity index (χ0v) is 12.2. The van der Waals surface area contributed by atoms with Crippen LogP contribution in [0.25, 0.3) is 10.9 Å². The lowest BCUT2D eigenvalue weighted by molar-refractivity contribution is 0.0527. The zero-order chi connectivity index (χ0) is 14.7. The van der Waals surface area contributed by atoms with Crippen LogP contribution in [-0.2, 0) is 4.74 Å². The Morgan fingerprint density at radius 2 is 2.20 bits per heavy atom. The summed E-state index contributed by atoms with van der Waals surface area (Å²) >= 11 is 6.07. The number of nitrogens with one attached hydrogen (secondary N) is 1. The first-order chi connectivity index (χ1) is 9.62. The minimum Gasteiger partial charge on any atom is -0.495 e. The molecule has 1 heterocycles. The fourth-order valence-electron chi connectivity index (χ4n) is 1.98. The Balaban J connectivity index is 2.68. The van der Waals surface area contributed by atoms with Crippen molar-refractivity contribution in [3.05, 3.63) is 28.9 Å². The van der Waals surface area contributed by atoms with Gasteiger partial charge in [-0.2, -0.15) is 0 Å². The molecule has 0 saturated carbocycles. The molecule has 20 heavy (non-hydrogen) atoms. The molecule has 0 unspecified atom stereocenters. The van der Waals surface area contributed by atoms with Crippen molar-refractivity contribution in [3.63, 3.8) is 0 Å². The van der Waals surface area contributed by atoms with Gasteiger partial charge >= 0.3 is 5.97 Å². The topological polar surface area (TPSA) is 60.5 Å². The summed E-state index contributed by atoms with van der Waals surface area (Å²) in [4.78, 5) is 16.2. The molecule has 6 heteroatoms. The maximum Gasteiger partial charge on any atom is 0.341 e. The van der Waals surface area contributed by atoms with Crippen LogP contribution in [0.3, 0.4) is 0 Å². The molecule has 0 radical (unpaired) electrons. The van der Waals surface area contributed by atoms with Crippen molar-refractivity contribution < 1.29 is 14.3 Å². The molecule has 0 fully saturated rings. The maximum atomic E-state index is 11.9. The van der Waals surface area contributed by atoms with E-state index in [1.165, 1.54) is 13.3 Å². The number of aromatic nitrogens is 1. The predicted octanol–water partition coefficient (Wildman–Crippen LogP) is 3.12. The molecule has 1 aromatic carbocycles. The van der Waals surface area contributed by atoms with Gasteiger partial charge in [-0.25, -0.2) is 4.79 Å². The van der Waals surface area contributed by atoms with Crippen LogP contribution in [0, 0.1) is 0 Å². The molecule has 0 spiro atoms. The number of carbonyl (C=O) groups excluding carboxylic acids is 1. The minimum absolute atomic E-state index is 0.309. The minimum atomic E-state index is -0.417. The third-order valence-corrected chi connectivity index (χ3v) is 3.18. The van der Waals surface area contributed by atoms with Gasteiger partial charge in [0.1, 0.15) is 11.3 Å². The Labute approximate surface area is 121 Å². The van der Waals surface area contributed by atoms with E-state index in [1.54, 1.807) is 26.1 Å². The fraction of sp³-hybridized carbons (Fsp3) is 0.286. The standard InChI is InChI=1S/C14H15ClN2O3/c1-4-20-14(18)9-7-17-11-6-10(15)12(19-3)5-8(11)13(9)16-2/h5-7H,4H2,1-3H3,(H,16,17). The SMILES string of the molecule is CCOC(=O)c1cnc2cc(Cl)c(OC)cc2c1NC. The number of hydrogen-bond acceptors (Lipinski definition) is 5. The highest BCUT2D eigenvalue weighted by molar-refractivity contribution is 6.33. The Hall–Kier alpha value is -2.01. The van der Waals surface area contributed by atoms with Crippen LogP contribution >= 0.6 is 11.6 Å². The van der Waals surface area contributed by atoms with Crippen molar-refractivity contribution in [2.24, 2.45) is 0 Å². The van der Waals surface area contributed by atoms with Gasteiger partial charge in [0.25, 0.3) is 0 Å². The predicted molar refractivity (Wildman–Crippen MR) is 78.8 cm³/mol. The number of carbonyl (C=O) groups is 1. The van der Waals surface area contributed by atoms with Crippen LogP contribution in [0.4, 0.5) is 5.69 Å². The van der Waals surface area contributed by atoms with E-state index in [9.17, 15) is 4.79 Å². The Morgan fingerprint density at radius 1 is 1.45 bits per heavy atom. The highest BCUT2D eigenvalue weighted by atomic mass is 35.5. The van der Waals surface area contributed by atoms with Crippen molar-refractivity contribution >= 4 is 34.2 Å². The molecule has 5 nitrogen and oxygen atoms in total. The van der Waals surface area contributed by atoms with Crippen molar-refractivity contribution in [1.29, 1.82) is 0 Å². The molecule has 0 saturated heterocycles. The highest BCUT2D eigenvalue weighted by Gasteiger charge is 2.17. The van der Waals surface area contributed by atoms with Gasteiger partial charge in [0.15, 0.2) is 0 Å². The van der Waals surface area contributed by atoms with Crippen molar-refractivity contribution in [2.45, 2.75) is 6.92 Å². The van der Waals surface area contributed by atoms with Crippen LogP contribution < -0.4 is 10.1 Å². The lowest BCUT2D eigenvalue weighted by atomic mass is 10.1. The molecule has 1 N–H and O–H groups in total. The summed E-state index contributed by atoms with van der Waals surface area (Å²) in [5.41, 5.74) is 1.70. The van der Waals surface area contributed by atoms with Gasteiger partial charge < -0.3 is 14.8 Å². The summed E-state index contributed by atoms with van der Waals surface area (Å²) in [5.74, 6) is 0.110. The second-order valence-corrected chi connectivity index (χ2v) is 4.43. The van der Waals surface area contributed by atoms with Crippen LogP contribution in [-0.4, -0.2) is 31.7 Å². The lowest BCUT2D eigenvalue weighted by Gasteiger charge is -2.12. The average molecular weight is 295 g/mol. The molecule has 0 aliphatic heterocycles. The summed E-state index contributed by atoms with van der Waals surface area (Å²) in [5, 5.41) is 4.23. The van der Waals surface area contributed by atoms with Crippen LogP contribution in [0.5, 0.6) is 5.75 Å². The van der Waals surface area contributed by atoms with E-state index >= 15 is 0 Å². The van der Waals surface area contributed by atoms with Gasteiger partial charge in [0, 0.05) is 18.6 Å². The Kier molecular flexibility index (Phi) is 4.29. The van der Waals surface area contributed by atoms with Gasteiger partial charge in [-0.1, -0.05) is 11.6 Å². The number of rotatable bonds is 4. The first-order valence-electron chi connectivity index (χ1n) is 6.13. The first kappa shape index (κ1) is 14.4. The van der Waals surface area contributed by atoms with E-state index < -0.39 is 5.97 Å². The smallest absolute Gasteiger partial charge is 0.341 e. The number of anilines is 1. The molecule has 106 valence electrons. The van der Waals surface area contributed by atoms with Gasteiger partial charge in [-0.3, -0.25) is 4.98 Å². The molecule has 2 aromatic rings. The summed E-state index contributed by atoms with van der Waals surface area (Å²) in [6.07, 6.45) is 1.48. The number of ether oxygens (including phenoxy) is 2. The molecule has 0 amide bonds. The summed E-state index contributed by atoms with van der Waals surface area (Å²) < 4.78 is 10.2. The fourth-order valence-corrected chi connectivity index (χ4v) is 2.22. The normalized spacial score (nSPS) is 10.4. The number of hydrogen-bond donors (Lipinski definition) is 1. The van der Waals surface area contributed by atoms with E-state index in [1.807, 2.05) is 0 Å². The van der Waals surface area contributed by atoms with Crippen LogP contribution in [0.15, 0.2) is 18.3 Å². The maximum absolute atomic E-state index is 11.9. The second-order valence-electron chi connectivity index (χ2n) is 4.02. The average Bonchev–Trinajstić information content (AvgIpc) is 2.45. The summed E-state index contributed by atoms with van der Waals surface area (Å²) in [7, 11) is 3.27. The van der Waals surface area contributed by atoms with Crippen LogP contribution in [0.2, 0.25) is 5.02 Å². The van der Waals surface area contributed by atoms with Gasteiger partial charge in [-0.05, 0) is 19.1 Å². The van der Waals surface area contributed by atoms with E-state index in [0.717, 1.165) is 5.39 Å². The molecular formula is C14H15ClN2O3. The van der Waals surface area contributed by atoms with Gasteiger partial charge in [0.05, 0.1) is 29.9 Å². The number of nitrogens with zero attached hydrogens (tertiary/aromatic N) is 1. The molecule has 0 atom stereocenters. The zero-order valence-electron chi connectivity index (χ0n) is 11.5. The largest absolute Gasteiger partial charge is 0.495 e. The number of halogens is 1. The summed E-state index contributed by atoms with van der Waals surface area (Å²) in [6.45, 7) is 2.07. The molecular weight excluding hydrogens is 280 g/mol. The monoisotopic (exact) mass is 294 g/mol. The third-order valence-electron chi connectivity index (χ3n) is 2.89. The van der Waals surface area contributed by atoms with E-state index in [-0.39, 0.29) is 0 Å². The Morgan fingerprint density at radius 3 is 2.80 bits per heavy atom. The molecule has 2 rings (SSSR count). The highest BCUT2D eigenvalue weighted by Crippen LogP contribution is 2.34. The van der Waals surface area contributed by atoms with E-state index in [4.69, 9.17) is 21.1 Å². The lowest BCUT2D eigenvalue weighted by Crippen LogP contribution is -2.09. The number of benzene rings is 1. The summed E-state index contributed by atoms with van der Waals surface area (Å²) in [6, 6.07) is 3.45. The number of fused-ring (bicyclic) bond motifs is 1. The molecule has 0 bridgehead atoms. The van der Waals surface area contributed by atoms with Crippen molar-refractivity contribution in [2.75, 3.05) is 26.1 Å². The van der Waals surface area contributed by atoms with Gasteiger partial charge in [0.2, 0.25) is 0 Å². The van der Waals surface area contributed by atoms with Crippen LogP contribution in [0.1, 0.15) is 17.3 Å². The van der Waals surface area contributed by atoms with E-state index in [2.05, 4.69) is 10.3 Å². The van der Waals surface area contributed by atoms with Gasteiger partial charge in [-0.15, -0.1) is 0 Å². The first-order valence-corrected chi connectivity index (χ1v) is 6.51. The van der Waals surface area contributed by atoms with Crippen molar-refractivity contribution in [1.82, 2.24) is 4.98 Å². The third kappa shape index (κ3) is 2.49.